The largest absolute Gasteiger partial charge is 0.490 e. The fraction of sp³-hybridized carbons (Fsp3) is 0.500. The molecule has 1 heterocycles. The lowest BCUT2D eigenvalue weighted by atomic mass is 10.1. The molecule has 1 fully saturated rings. The van der Waals surface area contributed by atoms with Gasteiger partial charge in [0.15, 0.2) is 0 Å². The van der Waals surface area contributed by atoms with Crippen molar-refractivity contribution < 1.29 is 14.3 Å². The van der Waals surface area contributed by atoms with Crippen molar-refractivity contribution in [2.45, 2.75) is 45.3 Å². The number of nitrogens with one attached hydrogen (secondary N) is 1. The maximum absolute atomic E-state index is 12.0. The molecule has 120 valence electrons. The van der Waals surface area contributed by atoms with Crippen LogP contribution in [0.2, 0.25) is 0 Å². The van der Waals surface area contributed by atoms with Gasteiger partial charge in [0, 0.05) is 30.9 Å². The zero-order valence-corrected chi connectivity index (χ0v) is 13.4. The standard InChI is InChI=1S/C18H25NO3/c1-3-14(2)22-17-7-5-4-6-15(17)8-9-18(20)19-16-10-12-21-13-11-16/h4-9,14,16H,3,10-13H2,1-2H3,(H,19,20)/b9-8+/t14-/m0/s1. The highest BCUT2D eigenvalue weighted by Gasteiger charge is 2.14. The minimum Gasteiger partial charge on any atom is -0.490 e. The lowest BCUT2D eigenvalue weighted by Crippen LogP contribution is -2.37. The molecule has 4 heteroatoms. The Kier molecular flexibility index (Phi) is 6.46. The molecule has 0 bridgehead atoms. The summed E-state index contributed by atoms with van der Waals surface area (Å²) in [6.45, 7) is 5.57. The average Bonchev–Trinajstić information content (AvgIpc) is 2.55. The first kappa shape index (κ1) is 16.6. The molecule has 4 nitrogen and oxygen atoms in total. The Hall–Kier alpha value is -1.81. The molecular formula is C18H25NO3. The molecule has 1 aliphatic heterocycles. The summed E-state index contributed by atoms with van der Waals surface area (Å²) < 4.78 is 11.2. The number of benzene rings is 1. The third-order valence-corrected chi connectivity index (χ3v) is 3.80. The number of amides is 1. The van der Waals surface area contributed by atoms with E-state index < -0.39 is 0 Å². The number of ether oxygens (including phenoxy) is 2. The molecule has 1 aromatic rings. The van der Waals surface area contributed by atoms with Crippen LogP contribution in [0.1, 0.15) is 38.7 Å². The molecule has 22 heavy (non-hydrogen) atoms. The van der Waals surface area contributed by atoms with E-state index in [0.29, 0.717) is 0 Å². The van der Waals surface area contributed by atoms with Gasteiger partial charge >= 0.3 is 0 Å². The molecule has 0 aliphatic carbocycles. The SMILES string of the molecule is CC[C@H](C)Oc1ccccc1/C=C/C(=O)NC1CCOCC1. The van der Waals surface area contributed by atoms with Gasteiger partial charge in [0.2, 0.25) is 5.91 Å². The van der Waals surface area contributed by atoms with Crippen LogP contribution < -0.4 is 10.1 Å². The predicted molar refractivity (Wildman–Crippen MR) is 87.8 cm³/mol. The first-order valence-corrected chi connectivity index (χ1v) is 8.01. The Morgan fingerprint density at radius 1 is 1.41 bits per heavy atom. The van der Waals surface area contributed by atoms with Crippen molar-refractivity contribution in [3.63, 3.8) is 0 Å². The molecule has 1 saturated heterocycles. The van der Waals surface area contributed by atoms with E-state index >= 15 is 0 Å². The van der Waals surface area contributed by atoms with E-state index in [-0.39, 0.29) is 18.1 Å². The van der Waals surface area contributed by atoms with Crippen molar-refractivity contribution in [1.82, 2.24) is 5.32 Å². The first-order chi connectivity index (χ1) is 10.7. The predicted octanol–water partition coefficient (Wildman–Crippen LogP) is 3.17. The second kappa shape index (κ2) is 8.59. The molecule has 0 aromatic heterocycles. The van der Waals surface area contributed by atoms with Gasteiger partial charge in [-0.2, -0.15) is 0 Å². The maximum Gasteiger partial charge on any atom is 0.244 e. The van der Waals surface area contributed by atoms with Crippen molar-refractivity contribution in [2.24, 2.45) is 0 Å². The normalized spacial score (nSPS) is 17.4. The minimum absolute atomic E-state index is 0.0646. The molecule has 0 unspecified atom stereocenters. The number of para-hydroxylation sites is 1. The van der Waals surface area contributed by atoms with Crippen molar-refractivity contribution >= 4 is 12.0 Å². The quantitative estimate of drug-likeness (QED) is 0.821. The lowest BCUT2D eigenvalue weighted by molar-refractivity contribution is -0.117. The number of hydrogen-bond donors (Lipinski definition) is 1. The molecule has 1 aromatic carbocycles. The summed E-state index contributed by atoms with van der Waals surface area (Å²) in [5.41, 5.74) is 0.921. The van der Waals surface area contributed by atoms with E-state index in [2.05, 4.69) is 12.2 Å². The van der Waals surface area contributed by atoms with E-state index in [0.717, 1.165) is 43.8 Å². The average molecular weight is 303 g/mol. The zero-order chi connectivity index (χ0) is 15.8. The van der Waals surface area contributed by atoms with Crippen LogP contribution in [0.5, 0.6) is 5.75 Å². The van der Waals surface area contributed by atoms with Crippen LogP contribution in [0.15, 0.2) is 30.3 Å². The van der Waals surface area contributed by atoms with Gasteiger partial charge in [-0.25, -0.2) is 0 Å². The Morgan fingerprint density at radius 2 is 2.14 bits per heavy atom. The highest BCUT2D eigenvalue weighted by atomic mass is 16.5. The highest BCUT2D eigenvalue weighted by molar-refractivity contribution is 5.92. The van der Waals surface area contributed by atoms with Crippen LogP contribution in [0.4, 0.5) is 0 Å². The van der Waals surface area contributed by atoms with E-state index in [1.54, 1.807) is 6.08 Å². The van der Waals surface area contributed by atoms with E-state index in [1.165, 1.54) is 0 Å². The van der Waals surface area contributed by atoms with Gasteiger partial charge in [-0.3, -0.25) is 4.79 Å². The highest BCUT2D eigenvalue weighted by Crippen LogP contribution is 2.21. The molecule has 0 radical (unpaired) electrons. The Morgan fingerprint density at radius 3 is 2.86 bits per heavy atom. The maximum atomic E-state index is 12.0. The van der Waals surface area contributed by atoms with Gasteiger partial charge in [0.25, 0.3) is 0 Å². The Bertz CT molecular complexity index is 507. The summed E-state index contributed by atoms with van der Waals surface area (Å²) in [4.78, 5) is 12.0. The smallest absolute Gasteiger partial charge is 0.244 e. The third-order valence-electron chi connectivity index (χ3n) is 3.80. The lowest BCUT2D eigenvalue weighted by Gasteiger charge is -2.22. The third kappa shape index (κ3) is 5.19. The summed E-state index contributed by atoms with van der Waals surface area (Å²) >= 11 is 0. The number of carbonyl (C=O) groups is 1. The van der Waals surface area contributed by atoms with Crippen molar-refractivity contribution in [3.05, 3.63) is 35.9 Å². The fourth-order valence-corrected chi connectivity index (χ4v) is 2.28. The summed E-state index contributed by atoms with van der Waals surface area (Å²) in [6, 6.07) is 7.99. The van der Waals surface area contributed by atoms with Crippen molar-refractivity contribution in [3.8, 4) is 5.75 Å². The van der Waals surface area contributed by atoms with Crippen molar-refractivity contribution in [2.75, 3.05) is 13.2 Å². The fourth-order valence-electron chi connectivity index (χ4n) is 2.28. The zero-order valence-electron chi connectivity index (χ0n) is 13.4. The molecule has 1 aliphatic rings. The van der Waals surface area contributed by atoms with Crippen LogP contribution in [0.3, 0.4) is 0 Å². The molecule has 0 saturated carbocycles. The topological polar surface area (TPSA) is 47.6 Å². The van der Waals surface area contributed by atoms with Gasteiger partial charge in [-0.15, -0.1) is 0 Å². The van der Waals surface area contributed by atoms with Crippen LogP contribution >= 0.6 is 0 Å². The summed E-state index contributed by atoms with van der Waals surface area (Å²) in [5.74, 6) is 0.747. The van der Waals surface area contributed by atoms with Crippen LogP contribution in [-0.4, -0.2) is 31.3 Å². The summed E-state index contributed by atoms with van der Waals surface area (Å²) in [5, 5.41) is 3.01. The second-order valence-electron chi connectivity index (χ2n) is 5.60. The minimum atomic E-state index is -0.0646. The van der Waals surface area contributed by atoms with Gasteiger partial charge in [-0.1, -0.05) is 25.1 Å². The molecule has 1 atom stereocenters. The number of carbonyl (C=O) groups excluding carboxylic acids is 1. The van der Waals surface area contributed by atoms with Crippen LogP contribution in [-0.2, 0) is 9.53 Å². The second-order valence-corrected chi connectivity index (χ2v) is 5.60. The summed E-state index contributed by atoms with van der Waals surface area (Å²) in [7, 11) is 0. The van der Waals surface area contributed by atoms with Gasteiger partial charge in [0.05, 0.1) is 6.10 Å². The monoisotopic (exact) mass is 303 g/mol. The van der Waals surface area contributed by atoms with Crippen molar-refractivity contribution in [1.29, 1.82) is 0 Å². The molecule has 0 spiro atoms. The molecule has 2 rings (SSSR count). The van der Waals surface area contributed by atoms with Crippen LogP contribution in [0, 0.1) is 0 Å². The first-order valence-electron chi connectivity index (χ1n) is 8.01. The molecule has 1 N–H and O–H groups in total. The number of rotatable bonds is 6. The van der Waals surface area contributed by atoms with E-state index in [4.69, 9.17) is 9.47 Å². The van der Waals surface area contributed by atoms with Crippen LogP contribution in [0.25, 0.3) is 6.08 Å². The number of hydrogen-bond acceptors (Lipinski definition) is 3. The Balaban J connectivity index is 1.95. The van der Waals surface area contributed by atoms with Gasteiger partial charge in [-0.05, 0) is 38.3 Å². The van der Waals surface area contributed by atoms with Gasteiger partial charge in [0.1, 0.15) is 5.75 Å². The molecular weight excluding hydrogens is 278 g/mol. The van der Waals surface area contributed by atoms with Gasteiger partial charge < -0.3 is 14.8 Å². The Labute approximate surface area is 132 Å². The molecule has 1 amide bonds. The van der Waals surface area contributed by atoms with E-state index in [1.807, 2.05) is 37.3 Å². The van der Waals surface area contributed by atoms with E-state index in [9.17, 15) is 4.79 Å². The summed E-state index contributed by atoms with van der Waals surface area (Å²) in [6.07, 6.45) is 6.26.